The van der Waals surface area contributed by atoms with Crippen molar-refractivity contribution in [1.82, 2.24) is 0 Å². The molecule has 1 aliphatic heterocycles. The molecule has 0 bridgehead atoms. The first kappa shape index (κ1) is 13.5. The summed E-state index contributed by atoms with van der Waals surface area (Å²) in [6.07, 6.45) is 0.798. The van der Waals surface area contributed by atoms with E-state index in [2.05, 4.69) is 5.32 Å². The largest absolute Gasteiger partial charge is 0.383 e. The molecular weight excluding hydrogens is 294 g/mol. The van der Waals surface area contributed by atoms with Crippen molar-refractivity contribution in [2.24, 2.45) is 0 Å². The highest BCUT2D eigenvalue weighted by Gasteiger charge is 2.26. The summed E-state index contributed by atoms with van der Waals surface area (Å²) in [5.41, 5.74) is 2.68. The Labute approximate surface area is 123 Å². The molecule has 5 heteroatoms. The zero-order valence-corrected chi connectivity index (χ0v) is 12.6. The number of rotatable bonds is 2. The van der Waals surface area contributed by atoms with Gasteiger partial charge in [-0.3, -0.25) is 0 Å². The fourth-order valence-electron chi connectivity index (χ4n) is 2.41. The fourth-order valence-corrected chi connectivity index (χ4v) is 4.22. The van der Waals surface area contributed by atoms with Crippen molar-refractivity contribution >= 4 is 27.1 Å². The van der Waals surface area contributed by atoms with Gasteiger partial charge < -0.3 is 5.32 Å². The molecule has 104 valence electrons. The summed E-state index contributed by atoms with van der Waals surface area (Å²) in [5, 5.41) is 3.60. The van der Waals surface area contributed by atoms with Crippen LogP contribution in [0.4, 0.5) is 5.69 Å². The summed E-state index contributed by atoms with van der Waals surface area (Å²) in [4.78, 5) is 0.558. The summed E-state index contributed by atoms with van der Waals surface area (Å²) >= 11 is 6.06. The number of benzene rings is 2. The van der Waals surface area contributed by atoms with Gasteiger partial charge in [0.25, 0.3) is 0 Å². The van der Waals surface area contributed by atoms with Crippen molar-refractivity contribution in [3.05, 3.63) is 52.5 Å². The van der Waals surface area contributed by atoms with Crippen LogP contribution in [0.2, 0.25) is 5.02 Å². The Balaban J connectivity index is 2.20. The van der Waals surface area contributed by atoms with Crippen LogP contribution in [0.5, 0.6) is 0 Å². The van der Waals surface area contributed by atoms with Crippen molar-refractivity contribution in [3.63, 3.8) is 0 Å². The second kappa shape index (κ2) is 4.79. The van der Waals surface area contributed by atoms with Gasteiger partial charge in [-0.05, 0) is 43.2 Å². The zero-order chi connectivity index (χ0) is 14.3. The maximum absolute atomic E-state index is 12.8. The molecule has 1 heterocycles. The van der Waals surface area contributed by atoms with Gasteiger partial charge in [0.05, 0.1) is 15.5 Å². The molecule has 0 atom stereocenters. The van der Waals surface area contributed by atoms with Gasteiger partial charge in [-0.15, -0.1) is 0 Å². The number of fused-ring (bicyclic) bond motifs is 1. The van der Waals surface area contributed by atoms with Crippen LogP contribution in [0, 0.1) is 6.92 Å². The Morgan fingerprint density at radius 2 is 1.85 bits per heavy atom. The van der Waals surface area contributed by atoms with Crippen molar-refractivity contribution in [2.75, 3.05) is 11.9 Å². The molecule has 0 aliphatic carbocycles. The third-order valence-electron chi connectivity index (χ3n) is 3.47. The quantitative estimate of drug-likeness (QED) is 0.924. The minimum atomic E-state index is -3.55. The van der Waals surface area contributed by atoms with Crippen LogP contribution in [-0.4, -0.2) is 15.0 Å². The number of anilines is 1. The highest BCUT2D eigenvalue weighted by atomic mass is 35.5. The van der Waals surface area contributed by atoms with Crippen molar-refractivity contribution in [3.8, 4) is 0 Å². The molecule has 0 unspecified atom stereocenters. The van der Waals surface area contributed by atoms with E-state index in [9.17, 15) is 8.42 Å². The van der Waals surface area contributed by atoms with Crippen molar-refractivity contribution < 1.29 is 8.42 Å². The molecule has 3 rings (SSSR count). The minimum absolute atomic E-state index is 0.265. The molecule has 3 nitrogen and oxygen atoms in total. The van der Waals surface area contributed by atoms with Crippen LogP contribution in [0.3, 0.4) is 0 Å². The molecular formula is C15H14ClNO2S. The second-order valence-electron chi connectivity index (χ2n) is 4.93. The Kier molecular flexibility index (Phi) is 3.22. The van der Waals surface area contributed by atoms with E-state index in [1.807, 2.05) is 13.0 Å². The average Bonchev–Trinajstić information content (AvgIpc) is 2.86. The molecule has 0 spiro atoms. The second-order valence-corrected chi connectivity index (χ2v) is 7.29. The normalized spacial score (nSPS) is 13.9. The van der Waals surface area contributed by atoms with Gasteiger partial charge in [-0.1, -0.05) is 29.3 Å². The van der Waals surface area contributed by atoms with E-state index in [1.165, 1.54) is 6.07 Å². The molecule has 20 heavy (non-hydrogen) atoms. The Bertz CT molecular complexity index is 767. The first-order valence-electron chi connectivity index (χ1n) is 6.36. The van der Waals surface area contributed by atoms with E-state index < -0.39 is 9.84 Å². The fraction of sp³-hybridized carbons (Fsp3) is 0.200. The maximum Gasteiger partial charge on any atom is 0.208 e. The molecule has 1 aliphatic rings. The third kappa shape index (κ3) is 2.19. The van der Waals surface area contributed by atoms with Crippen LogP contribution in [0.15, 0.2) is 46.2 Å². The summed E-state index contributed by atoms with van der Waals surface area (Å²) in [5.74, 6) is 0. The lowest BCUT2D eigenvalue weighted by molar-refractivity contribution is 0.596. The standard InChI is InChI=1S/C15H14ClNO2S/c1-10-2-4-13(5-3-10)20(18,19)14-9-12(16)8-11-6-7-17-15(11)14/h2-5,8-9,17H,6-7H2,1H3. The molecule has 0 saturated heterocycles. The van der Waals surface area contributed by atoms with E-state index in [1.54, 1.807) is 24.3 Å². The van der Waals surface area contributed by atoms with Crippen LogP contribution in [0.1, 0.15) is 11.1 Å². The molecule has 0 amide bonds. The SMILES string of the molecule is Cc1ccc(S(=O)(=O)c2cc(Cl)cc3c2NCC3)cc1. The molecule has 2 aromatic rings. The van der Waals surface area contributed by atoms with E-state index in [4.69, 9.17) is 11.6 Å². The van der Waals surface area contributed by atoms with Gasteiger partial charge in [0.1, 0.15) is 0 Å². The van der Waals surface area contributed by atoms with E-state index in [0.717, 1.165) is 24.1 Å². The number of aryl methyl sites for hydroxylation is 1. The predicted octanol–water partition coefficient (Wildman–Crippen LogP) is 3.45. The first-order valence-corrected chi connectivity index (χ1v) is 8.22. The van der Waals surface area contributed by atoms with Crippen LogP contribution in [-0.2, 0) is 16.3 Å². The Hall–Kier alpha value is -1.52. The smallest absolute Gasteiger partial charge is 0.208 e. The van der Waals surface area contributed by atoms with E-state index in [-0.39, 0.29) is 4.90 Å². The highest BCUT2D eigenvalue weighted by molar-refractivity contribution is 7.91. The maximum atomic E-state index is 12.8. The van der Waals surface area contributed by atoms with Gasteiger partial charge >= 0.3 is 0 Å². The molecule has 2 aromatic carbocycles. The number of hydrogen-bond donors (Lipinski definition) is 1. The van der Waals surface area contributed by atoms with Crippen LogP contribution >= 0.6 is 11.6 Å². The topological polar surface area (TPSA) is 46.2 Å². The lowest BCUT2D eigenvalue weighted by Gasteiger charge is -2.11. The van der Waals surface area contributed by atoms with Crippen LogP contribution < -0.4 is 5.32 Å². The summed E-state index contributed by atoms with van der Waals surface area (Å²) in [6, 6.07) is 10.2. The molecule has 0 fully saturated rings. The number of halogens is 1. The highest BCUT2D eigenvalue weighted by Crippen LogP contribution is 2.36. The molecule has 0 aromatic heterocycles. The molecule has 0 radical (unpaired) electrons. The van der Waals surface area contributed by atoms with Gasteiger partial charge in [-0.2, -0.15) is 0 Å². The minimum Gasteiger partial charge on any atom is -0.383 e. The van der Waals surface area contributed by atoms with E-state index >= 15 is 0 Å². The Morgan fingerprint density at radius 1 is 1.15 bits per heavy atom. The van der Waals surface area contributed by atoms with Gasteiger partial charge in [0, 0.05) is 11.6 Å². The number of nitrogens with one attached hydrogen (secondary N) is 1. The van der Waals surface area contributed by atoms with Crippen molar-refractivity contribution in [2.45, 2.75) is 23.1 Å². The monoisotopic (exact) mass is 307 g/mol. The van der Waals surface area contributed by atoms with E-state index in [0.29, 0.717) is 15.6 Å². The van der Waals surface area contributed by atoms with Crippen LogP contribution in [0.25, 0.3) is 0 Å². The molecule has 0 saturated carbocycles. The summed E-state index contributed by atoms with van der Waals surface area (Å²) in [7, 11) is -3.55. The van der Waals surface area contributed by atoms with Gasteiger partial charge in [0.15, 0.2) is 0 Å². The predicted molar refractivity (Wildman–Crippen MR) is 80.3 cm³/mol. The average molecular weight is 308 g/mol. The number of hydrogen-bond acceptors (Lipinski definition) is 3. The first-order chi connectivity index (χ1) is 9.48. The molecule has 1 N–H and O–H groups in total. The third-order valence-corrected chi connectivity index (χ3v) is 5.48. The summed E-state index contributed by atoms with van der Waals surface area (Å²) in [6.45, 7) is 2.67. The van der Waals surface area contributed by atoms with Gasteiger partial charge in [-0.25, -0.2) is 8.42 Å². The zero-order valence-electron chi connectivity index (χ0n) is 11.0. The summed E-state index contributed by atoms with van der Waals surface area (Å²) < 4.78 is 25.5. The van der Waals surface area contributed by atoms with Crippen molar-refractivity contribution in [1.29, 1.82) is 0 Å². The Morgan fingerprint density at radius 3 is 2.55 bits per heavy atom. The number of sulfone groups is 1. The van der Waals surface area contributed by atoms with Gasteiger partial charge in [0.2, 0.25) is 9.84 Å². The lowest BCUT2D eigenvalue weighted by atomic mass is 10.2. The lowest BCUT2D eigenvalue weighted by Crippen LogP contribution is -2.06.